The van der Waals surface area contributed by atoms with Crippen LogP contribution in [0.3, 0.4) is 0 Å². The van der Waals surface area contributed by atoms with Crippen molar-refractivity contribution in [2.24, 2.45) is 0 Å². The molecule has 0 radical (unpaired) electrons. The Kier molecular flexibility index (Phi) is 10.4. The summed E-state index contributed by atoms with van der Waals surface area (Å²) in [5.74, 6) is -0.385. The summed E-state index contributed by atoms with van der Waals surface area (Å²) in [6.45, 7) is 5.83. The van der Waals surface area contributed by atoms with Gasteiger partial charge in [0.1, 0.15) is 11.9 Å². The molecule has 0 saturated heterocycles. The van der Waals surface area contributed by atoms with Crippen LogP contribution in [0.2, 0.25) is 10.0 Å². The molecular weight excluding hydrogens is 530 g/mol. The first-order chi connectivity index (χ1) is 17.5. The SMILES string of the molecule is CC(C)(C)NC(=O)[C@@H](Cc1ccccc1)N(Cc1ccc(Cl)cc1Cl)C(=O)CSCc1ccccc1F. The molecule has 0 spiro atoms. The first-order valence-electron chi connectivity index (χ1n) is 11.9. The number of carbonyl (C=O) groups excluding carboxylic acids is 2. The lowest BCUT2D eigenvalue weighted by molar-refractivity contribution is -0.140. The number of halogens is 3. The highest BCUT2D eigenvalue weighted by molar-refractivity contribution is 7.99. The maximum Gasteiger partial charge on any atom is 0.243 e. The smallest absolute Gasteiger partial charge is 0.243 e. The first kappa shape index (κ1) is 29.0. The summed E-state index contributed by atoms with van der Waals surface area (Å²) in [6.07, 6.45) is 0.331. The fraction of sp³-hybridized carbons (Fsp3) is 0.310. The minimum Gasteiger partial charge on any atom is -0.350 e. The monoisotopic (exact) mass is 560 g/mol. The van der Waals surface area contributed by atoms with Crippen LogP contribution in [-0.2, 0) is 28.3 Å². The number of rotatable bonds is 10. The van der Waals surface area contributed by atoms with Gasteiger partial charge in [0, 0.05) is 34.3 Å². The van der Waals surface area contributed by atoms with Crippen LogP contribution < -0.4 is 5.32 Å². The summed E-state index contributed by atoms with van der Waals surface area (Å²) in [5.41, 5.74) is 1.65. The largest absolute Gasteiger partial charge is 0.350 e. The number of benzene rings is 3. The maximum absolute atomic E-state index is 14.1. The van der Waals surface area contributed by atoms with Crippen LogP contribution in [0.4, 0.5) is 4.39 Å². The van der Waals surface area contributed by atoms with Crippen molar-refractivity contribution in [3.05, 3.63) is 105 Å². The van der Waals surface area contributed by atoms with Gasteiger partial charge >= 0.3 is 0 Å². The molecule has 0 fully saturated rings. The van der Waals surface area contributed by atoms with E-state index in [9.17, 15) is 14.0 Å². The topological polar surface area (TPSA) is 49.4 Å². The summed E-state index contributed by atoms with van der Waals surface area (Å²) in [4.78, 5) is 28.8. The Balaban J connectivity index is 1.91. The molecule has 0 heterocycles. The quantitative estimate of drug-likeness (QED) is 0.292. The third kappa shape index (κ3) is 9.06. The average molecular weight is 562 g/mol. The van der Waals surface area contributed by atoms with E-state index < -0.39 is 11.6 Å². The van der Waals surface area contributed by atoms with Crippen LogP contribution in [0.5, 0.6) is 0 Å². The molecule has 0 aliphatic carbocycles. The third-order valence-corrected chi connectivity index (χ3v) is 7.12. The van der Waals surface area contributed by atoms with Gasteiger partial charge in [0.05, 0.1) is 5.75 Å². The zero-order chi connectivity index (χ0) is 27.0. The Bertz CT molecular complexity index is 1220. The van der Waals surface area contributed by atoms with Crippen molar-refractivity contribution in [2.45, 2.75) is 51.1 Å². The number of nitrogens with one attached hydrogen (secondary N) is 1. The van der Waals surface area contributed by atoms with Gasteiger partial charge in [-0.25, -0.2) is 4.39 Å². The fourth-order valence-corrected chi connectivity index (χ4v) is 5.15. The molecule has 37 heavy (non-hydrogen) atoms. The number of hydrogen-bond donors (Lipinski definition) is 1. The van der Waals surface area contributed by atoms with Crippen molar-refractivity contribution < 1.29 is 14.0 Å². The van der Waals surface area contributed by atoms with Gasteiger partial charge in [0.15, 0.2) is 0 Å². The second-order valence-corrected chi connectivity index (χ2v) is 11.6. The molecule has 0 unspecified atom stereocenters. The molecule has 2 amide bonds. The van der Waals surface area contributed by atoms with Gasteiger partial charge in [0.2, 0.25) is 11.8 Å². The van der Waals surface area contributed by atoms with E-state index in [1.807, 2.05) is 51.1 Å². The van der Waals surface area contributed by atoms with Crippen LogP contribution >= 0.6 is 35.0 Å². The Hall–Kier alpha value is -2.54. The van der Waals surface area contributed by atoms with Gasteiger partial charge in [-0.05, 0) is 55.7 Å². The highest BCUT2D eigenvalue weighted by atomic mass is 35.5. The van der Waals surface area contributed by atoms with Gasteiger partial charge in [-0.15, -0.1) is 11.8 Å². The number of carbonyl (C=O) groups is 2. The minimum absolute atomic E-state index is 0.0770. The average Bonchev–Trinajstić information content (AvgIpc) is 2.83. The van der Waals surface area contributed by atoms with E-state index in [4.69, 9.17) is 23.2 Å². The molecule has 3 aromatic rings. The summed E-state index contributed by atoms with van der Waals surface area (Å²) in [5, 5.41) is 3.93. The summed E-state index contributed by atoms with van der Waals surface area (Å²) < 4.78 is 14.1. The molecule has 4 nitrogen and oxygen atoms in total. The molecule has 1 N–H and O–H groups in total. The molecule has 8 heteroatoms. The van der Waals surface area contributed by atoms with E-state index in [1.54, 1.807) is 41.3 Å². The van der Waals surface area contributed by atoms with E-state index in [1.165, 1.54) is 17.8 Å². The Labute approximate surface area is 232 Å². The number of thioether (sulfide) groups is 1. The molecule has 0 saturated carbocycles. The lowest BCUT2D eigenvalue weighted by Crippen LogP contribution is -2.54. The fourth-order valence-electron chi connectivity index (χ4n) is 3.79. The standard InChI is InChI=1S/C29H31Cl2FN2O2S/c1-29(2,3)33-28(36)26(15-20-9-5-4-6-10-20)34(17-21-13-14-23(30)16-24(21)31)27(35)19-37-18-22-11-7-8-12-25(22)32/h4-14,16,26H,15,17-19H2,1-3H3,(H,33,36)/t26-/m1/s1. The molecule has 0 aliphatic rings. The Morgan fingerprint density at radius 1 is 0.973 bits per heavy atom. The molecule has 1 atom stereocenters. The van der Waals surface area contributed by atoms with Gasteiger partial charge in [-0.3, -0.25) is 9.59 Å². The summed E-state index contributed by atoms with van der Waals surface area (Å²) in [6, 6.07) is 20.4. The van der Waals surface area contributed by atoms with Gasteiger partial charge in [-0.2, -0.15) is 0 Å². The van der Waals surface area contributed by atoms with Crippen LogP contribution in [-0.4, -0.2) is 34.0 Å². The lowest BCUT2D eigenvalue weighted by Gasteiger charge is -2.34. The molecular formula is C29H31Cl2FN2O2S. The molecule has 0 aliphatic heterocycles. The van der Waals surface area contributed by atoms with Crippen molar-refractivity contribution in [2.75, 3.05) is 5.75 Å². The van der Waals surface area contributed by atoms with Crippen LogP contribution in [0.15, 0.2) is 72.8 Å². The highest BCUT2D eigenvalue weighted by Gasteiger charge is 2.32. The normalized spacial score (nSPS) is 12.2. The van der Waals surface area contributed by atoms with Crippen molar-refractivity contribution >= 4 is 46.8 Å². The minimum atomic E-state index is -0.782. The number of amides is 2. The van der Waals surface area contributed by atoms with E-state index in [2.05, 4.69) is 5.32 Å². The molecule has 3 aromatic carbocycles. The van der Waals surface area contributed by atoms with Gasteiger partial charge < -0.3 is 10.2 Å². The van der Waals surface area contributed by atoms with Crippen molar-refractivity contribution in [1.29, 1.82) is 0 Å². The first-order valence-corrected chi connectivity index (χ1v) is 13.8. The molecule has 3 rings (SSSR count). The van der Waals surface area contributed by atoms with E-state index >= 15 is 0 Å². The predicted octanol–water partition coefficient (Wildman–Crippen LogP) is 6.92. The molecule has 0 bridgehead atoms. The lowest BCUT2D eigenvalue weighted by atomic mass is 10.0. The third-order valence-electron chi connectivity index (χ3n) is 5.57. The molecule has 0 aromatic heterocycles. The second kappa shape index (κ2) is 13.3. The number of hydrogen-bond acceptors (Lipinski definition) is 3. The highest BCUT2D eigenvalue weighted by Crippen LogP contribution is 2.25. The van der Waals surface area contributed by atoms with Gasteiger partial charge in [0.25, 0.3) is 0 Å². The second-order valence-electron chi connectivity index (χ2n) is 9.79. The van der Waals surface area contributed by atoms with E-state index in [0.29, 0.717) is 33.3 Å². The van der Waals surface area contributed by atoms with Crippen LogP contribution in [0, 0.1) is 5.82 Å². The van der Waals surface area contributed by atoms with Gasteiger partial charge in [-0.1, -0.05) is 77.8 Å². The maximum atomic E-state index is 14.1. The summed E-state index contributed by atoms with van der Waals surface area (Å²) >= 11 is 13.9. The number of nitrogens with zero attached hydrogens (tertiary/aromatic N) is 1. The predicted molar refractivity (Wildman–Crippen MR) is 151 cm³/mol. The van der Waals surface area contributed by atoms with Crippen molar-refractivity contribution in [3.63, 3.8) is 0 Å². The van der Waals surface area contributed by atoms with Crippen molar-refractivity contribution in [3.8, 4) is 0 Å². The molecule has 196 valence electrons. The summed E-state index contributed by atoms with van der Waals surface area (Å²) in [7, 11) is 0. The Morgan fingerprint density at radius 3 is 2.30 bits per heavy atom. The zero-order valence-corrected chi connectivity index (χ0v) is 23.5. The van der Waals surface area contributed by atoms with Crippen LogP contribution in [0.25, 0.3) is 0 Å². The van der Waals surface area contributed by atoms with Crippen LogP contribution in [0.1, 0.15) is 37.5 Å². The Morgan fingerprint density at radius 2 is 1.65 bits per heavy atom. The van der Waals surface area contributed by atoms with E-state index in [-0.39, 0.29) is 29.9 Å². The van der Waals surface area contributed by atoms with E-state index in [0.717, 1.165) is 5.56 Å². The zero-order valence-electron chi connectivity index (χ0n) is 21.1. The van der Waals surface area contributed by atoms with Crippen molar-refractivity contribution in [1.82, 2.24) is 10.2 Å².